The van der Waals surface area contributed by atoms with Crippen molar-refractivity contribution >= 4 is 5.82 Å². The molecule has 1 saturated heterocycles. The normalized spacial score (nSPS) is 25.5. The predicted octanol–water partition coefficient (Wildman–Crippen LogP) is 2.51. The minimum Gasteiger partial charge on any atom is -0.353 e. The Morgan fingerprint density at radius 1 is 1.36 bits per heavy atom. The van der Waals surface area contributed by atoms with Crippen molar-refractivity contribution in [1.82, 2.24) is 20.1 Å². The van der Waals surface area contributed by atoms with Gasteiger partial charge in [0.2, 0.25) is 5.67 Å². The van der Waals surface area contributed by atoms with E-state index in [-0.39, 0.29) is 12.4 Å². The van der Waals surface area contributed by atoms with E-state index in [0.717, 1.165) is 24.4 Å². The molecule has 1 aliphatic carbocycles. The summed E-state index contributed by atoms with van der Waals surface area (Å²) in [6.45, 7) is 2.66. The summed E-state index contributed by atoms with van der Waals surface area (Å²) in [5.74, 6) is 1.87. The van der Waals surface area contributed by atoms with Crippen molar-refractivity contribution in [2.45, 2.75) is 44.2 Å². The SMILES string of the molecule is Cc1cc(N2CCC(F)(c3nc(C4CCC4)no3)C2)ncn1. The fourth-order valence-electron chi connectivity index (χ4n) is 3.01. The fourth-order valence-corrected chi connectivity index (χ4v) is 3.01. The molecule has 1 atom stereocenters. The maximum absolute atomic E-state index is 15.2. The predicted molar refractivity (Wildman–Crippen MR) is 77.3 cm³/mol. The Balaban J connectivity index is 1.53. The third kappa shape index (κ3) is 2.24. The van der Waals surface area contributed by atoms with Gasteiger partial charge in [-0.2, -0.15) is 4.98 Å². The molecular weight excluding hydrogens is 285 g/mol. The van der Waals surface area contributed by atoms with Gasteiger partial charge in [-0.1, -0.05) is 11.6 Å². The van der Waals surface area contributed by atoms with Gasteiger partial charge in [0.15, 0.2) is 5.82 Å². The molecule has 0 spiro atoms. The van der Waals surface area contributed by atoms with Gasteiger partial charge in [-0.15, -0.1) is 0 Å². The van der Waals surface area contributed by atoms with Gasteiger partial charge in [0.25, 0.3) is 5.89 Å². The number of rotatable bonds is 3. The Bertz CT molecular complexity index is 686. The molecule has 3 heterocycles. The topological polar surface area (TPSA) is 67.9 Å². The smallest absolute Gasteiger partial charge is 0.266 e. The van der Waals surface area contributed by atoms with E-state index in [1.54, 1.807) is 0 Å². The molecule has 1 unspecified atom stereocenters. The lowest BCUT2D eigenvalue weighted by Gasteiger charge is -2.21. The molecule has 1 aliphatic heterocycles. The summed E-state index contributed by atoms with van der Waals surface area (Å²) in [7, 11) is 0. The van der Waals surface area contributed by atoms with Gasteiger partial charge in [0.1, 0.15) is 12.1 Å². The van der Waals surface area contributed by atoms with Gasteiger partial charge in [-0.05, 0) is 19.8 Å². The highest BCUT2D eigenvalue weighted by Crippen LogP contribution is 2.39. The van der Waals surface area contributed by atoms with Crippen molar-refractivity contribution in [1.29, 1.82) is 0 Å². The van der Waals surface area contributed by atoms with Crippen LogP contribution in [0.5, 0.6) is 0 Å². The summed E-state index contributed by atoms with van der Waals surface area (Å²) >= 11 is 0. The second-order valence-corrected chi connectivity index (χ2v) is 6.24. The summed E-state index contributed by atoms with van der Waals surface area (Å²) in [5.41, 5.74) is -0.722. The lowest BCUT2D eigenvalue weighted by atomic mass is 9.85. The standard InChI is InChI=1S/C15H18FN5O/c1-10-7-12(18-9-17-10)21-6-5-15(16,8-21)14-19-13(20-22-14)11-3-2-4-11/h7,9,11H,2-6,8H2,1H3. The van der Waals surface area contributed by atoms with Crippen LogP contribution in [-0.4, -0.2) is 33.2 Å². The zero-order valence-electron chi connectivity index (χ0n) is 12.5. The van der Waals surface area contributed by atoms with Crippen molar-refractivity contribution in [2.75, 3.05) is 18.0 Å². The number of halogens is 1. The molecule has 4 rings (SSSR count). The molecule has 2 fully saturated rings. The Hall–Kier alpha value is -2.05. The Morgan fingerprint density at radius 2 is 2.23 bits per heavy atom. The first kappa shape index (κ1) is 13.6. The van der Waals surface area contributed by atoms with E-state index in [0.29, 0.717) is 24.7 Å². The van der Waals surface area contributed by atoms with E-state index in [1.807, 2.05) is 17.9 Å². The second kappa shape index (κ2) is 5.00. The lowest BCUT2D eigenvalue weighted by Crippen LogP contribution is -2.28. The summed E-state index contributed by atoms with van der Waals surface area (Å²) in [6.07, 6.45) is 5.18. The van der Waals surface area contributed by atoms with E-state index in [1.165, 1.54) is 12.7 Å². The number of hydrogen-bond donors (Lipinski definition) is 0. The van der Waals surface area contributed by atoms with E-state index in [2.05, 4.69) is 20.1 Å². The molecule has 0 aromatic carbocycles. The highest BCUT2D eigenvalue weighted by molar-refractivity contribution is 5.41. The fraction of sp³-hybridized carbons (Fsp3) is 0.600. The minimum atomic E-state index is -1.59. The van der Waals surface area contributed by atoms with Crippen LogP contribution < -0.4 is 4.90 Å². The summed E-state index contributed by atoms with van der Waals surface area (Å²) in [6, 6.07) is 1.86. The average Bonchev–Trinajstić information content (AvgIpc) is 3.05. The van der Waals surface area contributed by atoms with Gasteiger partial charge >= 0.3 is 0 Å². The maximum atomic E-state index is 15.2. The molecule has 0 amide bonds. The van der Waals surface area contributed by atoms with Gasteiger partial charge in [0, 0.05) is 30.6 Å². The highest BCUT2D eigenvalue weighted by atomic mass is 19.1. The van der Waals surface area contributed by atoms with Gasteiger partial charge in [0.05, 0.1) is 6.54 Å². The van der Waals surface area contributed by atoms with Crippen LogP contribution in [-0.2, 0) is 5.67 Å². The summed E-state index contributed by atoms with van der Waals surface area (Å²) in [5, 5.41) is 3.97. The zero-order valence-corrected chi connectivity index (χ0v) is 12.5. The van der Waals surface area contributed by atoms with Crippen LogP contribution in [0, 0.1) is 6.92 Å². The first-order valence-electron chi connectivity index (χ1n) is 7.71. The molecule has 0 radical (unpaired) electrons. The van der Waals surface area contributed by atoms with Crippen molar-refractivity contribution < 1.29 is 8.91 Å². The van der Waals surface area contributed by atoms with E-state index in [4.69, 9.17) is 4.52 Å². The van der Waals surface area contributed by atoms with Crippen LogP contribution >= 0.6 is 0 Å². The molecule has 7 heteroatoms. The Kier molecular flexibility index (Phi) is 3.09. The van der Waals surface area contributed by atoms with Crippen molar-refractivity contribution in [3.8, 4) is 0 Å². The summed E-state index contributed by atoms with van der Waals surface area (Å²) in [4.78, 5) is 14.5. The van der Waals surface area contributed by atoms with E-state index >= 15 is 4.39 Å². The quantitative estimate of drug-likeness (QED) is 0.868. The molecule has 1 saturated carbocycles. The second-order valence-electron chi connectivity index (χ2n) is 6.24. The van der Waals surface area contributed by atoms with Crippen LogP contribution in [0.4, 0.5) is 10.2 Å². The average molecular weight is 303 g/mol. The number of hydrogen-bond acceptors (Lipinski definition) is 6. The van der Waals surface area contributed by atoms with Gasteiger partial charge < -0.3 is 9.42 Å². The molecule has 22 heavy (non-hydrogen) atoms. The highest BCUT2D eigenvalue weighted by Gasteiger charge is 2.46. The zero-order chi connectivity index (χ0) is 15.2. The molecule has 2 aromatic heterocycles. The van der Waals surface area contributed by atoms with E-state index < -0.39 is 5.67 Å². The lowest BCUT2D eigenvalue weighted by molar-refractivity contribution is 0.135. The molecule has 0 N–H and O–H groups in total. The summed E-state index contributed by atoms with van der Waals surface area (Å²) < 4.78 is 20.4. The molecular formula is C15H18FN5O. The van der Waals surface area contributed by atoms with Crippen LogP contribution in [0.15, 0.2) is 16.9 Å². The first-order valence-corrected chi connectivity index (χ1v) is 7.71. The number of aryl methyl sites for hydroxylation is 1. The third-order valence-corrected chi connectivity index (χ3v) is 4.63. The minimum absolute atomic E-state index is 0.114. The number of alkyl halides is 1. The van der Waals surface area contributed by atoms with Crippen LogP contribution in [0.2, 0.25) is 0 Å². The van der Waals surface area contributed by atoms with Crippen LogP contribution in [0.25, 0.3) is 0 Å². The number of anilines is 1. The monoisotopic (exact) mass is 303 g/mol. The van der Waals surface area contributed by atoms with Crippen molar-refractivity contribution in [3.05, 3.63) is 29.8 Å². The van der Waals surface area contributed by atoms with E-state index in [9.17, 15) is 0 Å². The first-order chi connectivity index (χ1) is 10.6. The molecule has 2 aliphatic rings. The maximum Gasteiger partial charge on any atom is 0.266 e. The molecule has 0 bridgehead atoms. The van der Waals surface area contributed by atoms with Crippen LogP contribution in [0.1, 0.15) is 49.0 Å². The van der Waals surface area contributed by atoms with Gasteiger partial charge in [-0.3, -0.25) is 0 Å². The molecule has 6 nitrogen and oxygen atoms in total. The molecule has 2 aromatic rings. The van der Waals surface area contributed by atoms with Crippen LogP contribution in [0.3, 0.4) is 0 Å². The largest absolute Gasteiger partial charge is 0.353 e. The van der Waals surface area contributed by atoms with Gasteiger partial charge in [-0.25, -0.2) is 14.4 Å². The molecule has 116 valence electrons. The Labute approximate surface area is 127 Å². The van der Waals surface area contributed by atoms with Crippen molar-refractivity contribution in [3.63, 3.8) is 0 Å². The number of nitrogens with zero attached hydrogens (tertiary/aromatic N) is 5. The number of aromatic nitrogens is 4. The third-order valence-electron chi connectivity index (χ3n) is 4.63. The van der Waals surface area contributed by atoms with Crippen molar-refractivity contribution in [2.24, 2.45) is 0 Å². The Morgan fingerprint density at radius 3 is 2.95 bits per heavy atom.